The van der Waals surface area contributed by atoms with Crippen LogP contribution in [-0.2, 0) is 0 Å². The van der Waals surface area contributed by atoms with Crippen LogP contribution in [0.5, 0.6) is 5.75 Å². The Morgan fingerprint density at radius 1 is 1.09 bits per heavy atom. The fraction of sp³-hybridized carbons (Fsp3) is 0.120. The molecule has 0 N–H and O–H groups in total. The molecular weight excluding hydrogens is 449 g/mol. The molecule has 3 heterocycles. The van der Waals surface area contributed by atoms with Gasteiger partial charge in [0.2, 0.25) is 0 Å². The first kappa shape index (κ1) is 19.6. The molecule has 2 atom stereocenters. The van der Waals surface area contributed by atoms with Gasteiger partial charge < -0.3 is 9.15 Å². The maximum Gasteiger partial charge on any atom is 0.197 e. The molecule has 2 aliphatic heterocycles. The van der Waals surface area contributed by atoms with E-state index in [-0.39, 0.29) is 22.4 Å². The number of rotatable bonds is 1. The normalized spacial score (nSPS) is 19.2. The summed E-state index contributed by atoms with van der Waals surface area (Å²) in [5.74, 6) is -0.0552. The number of fused-ring (bicyclic) bond motifs is 5. The molecule has 2 aliphatic rings. The van der Waals surface area contributed by atoms with Crippen molar-refractivity contribution in [1.82, 2.24) is 0 Å². The fourth-order valence-electron chi connectivity index (χ4n) is 4.25. The molecule has 7 heteroatoms. The maximum atomic E-state index is 14.2. The van der Waals surface area contributed by atoms with Gasteiger partial charge in [0.05, 0.1) is 40.8 Å². The topological polar surface area (TPSA) is 51.8 Å². The van der Waals surface area contributed by atoms with Crippen molar-refractivity contribution in [3.8, 4) is 5.75 Å². The van der Waals surface area contributed by atoms with Crippen LogP contribution in [0.4, 0.5) is 10.1 Å². The van der Waals surface area contributed by atoms with Gasteiger partial charge in [0, 0.05) is 21.0 Å². The third-order valence-corrected chi connectivity index (χ3v) is 7.45. The van der Waals surface area contributed by atoms with E-state index < -0.39 is 0 Å². The Morgan fingerprint density at radius 2 is 1.97 bits per heavy atom. The second-order valence-corrected chi connectivity index (χ2v) is 9.34. The van der Waals surface area contributed by atoms with Gasteiger partial charge in [-0.2, -0.15) is 0 Å². The Morgan fingerprint density at radius 3 is 2.88 bits per heavy atom. The SMILES string of the molecule is O=c1c([C@@H]2Sc3ccccc3N=C3c4cc(F)ccc4OC[C@H]32)coc2ccc(Cl)cc12. The van der Waals surface area contributed by atoms with Crippen LogP contribution < -0.4 is 10.2 Å². The van der Waals surface area contributed by atoms with Crippen LogP contribution in [0, 0.1) is 11.7 Å². The van der Waals surface area contributed by atoms with Gasteiger partial charge in [0.25, 0.3) is 0 Å². The molecular formula is C25H15ClFNO3S. The molecule has 158 valence electrons. The maximum absolute atomic E-state index is 14.2. The zero-order valence-corrected chi connectivity index (χ0v) is 18.1. The molecule has 0 fully saturated rings. The van der Waals surface area contributed by atoms with Gasteiger partial charge in [-0.3, -0.25) is 9.79 Å². The molecule has 3 aromatic carbocycles. The first-order valence-corrected chi connectivity index (χ1v) is 11.3. The molecule has 0 bridgehead atoms. The summed E-state index contributed by atoms with van der Waals surface area (Å²) in [7, 11) is 0. The zero-order chi connectivity index (χ0) is 21.8. The van der Waals surface area contributed by atoms with Crippen LogP contribution in [0.3, 0.4) is 0 Å². The van der Waals surface area contributed by atoms with Crippen molar-refractivity contribution >= 4 is 45.7 Å². The van der Waals surface area contributed by atoms with E-state index in [0.29, 0.717) is 45.2 Å². The molecule has 1 aromatic heterocycles. The highest BCUT2D eigenvalue weighted by molar-refractivity contribution is 7.99. The van der Waals surface area contributed by atoms with Crippen molar-refractivity contribution in [2.75, 3.05) is 6.61 Å². The van der Waals surface area contributed by atoms with E-state index in [0.717, 1.165) is 10.6 Å². The molecule has 0 saturated heterocycles. The smallest absolute Gasteiger partial charge is 0.197 e. The number of hydrogen-bond acceptors (Lipinski definition) is 5. The Hall–Kier alpha value is -3.09. The van der Waals surface area contributed by atoms with Crippen LogP contribution >= 0.6 is 23.4 Å². The average molecular weight is 464 g/mol. The van der Waals surface area contributed by atoms with Crippen LogP contribution in [-0.4, -0.2) is 12.3 Å². The highest BCUT2D eigenvalue weighted by atomic mass is 35.5. The van der Waals surface area contributed by atoms with Gasteiger partial charge >= 0.3 is 0 Å². The van der Waals surface area contributed by atoms with E-state index in [1.165, 1.54) is 18.4 Å². The second kappa shape index (κ2) is 7.50. The van der Waals surface area contributed by atoms with Gasteiger partial charge in [-0.25, -0.2) is 4.39 Å². The van der Waals surface area contributed by atoms with Crippen LogP contribution in [0.2, 0.25) is 5.02 Å². The summed E-state index contributed by atoms with van der Waals surface area (Å²) < 4.78 is 26.0. The summed E-state index contributed by atoms with van der Waals surface area (Å²) >= 11 is 7.68. The fourth-order valence-corrected chi connectivity index (χ4v) is 5.75. The molecule has 0 saturated carbocycles. The second-order valence-electron chi connectivity index (χ2n) is 7.72. The van der Waals surface area contributed by atoms with Crippen molar-refractivity contribution < 1.29 is 13.5 Å². The third kappa shape index (κ3) is 3.14. The molecule has 6 rings (SSSR count). The predicted molar refractivity (Wildman–Crippen MR) is 124 cm³/mol. The Bertz CT molecular complexity index is 1480. The van der Waals surface area contributed by atoms with E-state index in [2.05, 4.69) is 0 Å². The number of aliphatic imine (C=N–C) groups is 1. The zero-order valence-electron chi connectivity index (χ0n) is 16.5. The minimum absolute atomic E-state index is 0.143. The monoisotopic (exact) mass is 463 g/mol. The Balaban J connectivity index is 1.59. The highest BCUT2D eigenvalue weighted by Gasteiger charge is 2.39. The van der Waals surface area contributed by atoms with E-state index in [4.69, 9.17) is 25.7 Å². The lowest BCUT2D eigenvalue weighted by molar-refractivity contribution is 0.270. The molecule has 0 unspecified atom stereocenters. The minimum atomic E-state index is -0.364. The average Bonchev–Trinajstić information content (AvgIpc) is 2.97. The Labute approximate surface area is 191 Å². The summed E-state index contributed by atoms with van der Waals surface area (Å²) in [6.07, 6.45) is 1.52. The third-order valence-electron chi connectivity index (χ3n) is 5.78. The number of thioether (sulfide) groups is 1. The summed E-state index contributed by atoms with van der Waals surface area (Å²) in [4.78, 5) is 19.4. The summed E-state index contributed by atoms with van der Waals surface area (Å²) in [5, 5.41) is 0.553. The quantitative estimate of drug-likeness (QED) is 0.320. The van der Waals surface area contributed by atoms with Crippen LogP contribution in [0.1, 0.15) is 16.4 Å². The first-order valence-electron chi connectivity index (χ1n) is 10.1. The highest BCUT2D eigenvalue weighted by Crippen LogP contribution is 2.49. The van der Waals surface area contributed by atoms with Crippen molar-refractivity contribution in [2.45, 2.75) is 10.1 Å². The van der Waals surface area contributed by atoms with E-state index in [9.17, 15) is 9.18 Å². The number of halogens is 2. The number of ether oxygens (including phenoxy) is 1. The number of para-hydroxylation sites is 1. The van der Waals surface area contributed by atoms with Crippen molar-refractivity contribution in [3.05, 3.63) is 99.1 Å². The molecule has 32 heavy (non-hydrogen) atoms. The summed E-state index contributed by atoms with van der Waals surface area (Å²) in [6, 6.07) is 17.2. The number of hydrogen-bond donors (Lipinski definition) is 0. The summed E-state index contributed by atoms with van der Waals surface area (Å²) in [6.45, 7) is 0.316. The van der Waals surface area contributed by atoms with Gasteiger partial charge in [0.15, 0.2) is 5.43 Å². The molecule has 0 amide bonds. The number of benzene rings is 3. The first-order chi connectivity index (χ1) is 15.6. The lowest BCUT2D eigenvalue weighted by Crippen LogP contribution is -2.33. The standard InChI is InChI=1S/C25H15ClFNO3S/c26-13-5-7-21-16(9-13)24(29)18(12-31-21)25-17-11-30-20-8-6-14(27)10-15(20)23(17)28-19-3-1-2-4-22(19)32-25/h1-10,12,17,25H,11H2/t17-,25-/m1/s1. The van der Waals surface area contributed by atoms with Gasteiger partial charge in [-0.15, -0.1) is 11.8 Å². The molecule has 0 aliphatic carbocycles. The van der Waals surface area contributed by atoms with Crippen LogP contribution in [0.15, 0.2) is 86.0 Å². The van der Waals surface area contributed by atoms with Crippen molar-refractivity contribution in [3.63, 3.8) is 0 Å². The largest absolute Gasteiger partial charge is 0.492 e. The summed E-state index contributed by atoms with van der Waals surface area (Å²) in [5.41, 5.74) is 2.93. The van der Waals surface area contributed by atoms with Gasteiger partial charge in [0.1, 0.15) is 17.1 Å². The van der Waals surface area contributed by atoms with Crippen LogP contribution in [0.25, 0.3) is 11.0 Å². The Kier molecular flexibility index (Phi) is 4.59. The lowest BCUT2D eigenvalue weighted by Gasteiger charge is -2.31. The van der Waals surface area contributed by atoms with E-state index in [1.54, 1.807) is 36.0 Å². The van der Waals surface area contributed by atoms with Crippen molar-refractivity contribution in [2.24, 2.45) is 10.9 Å². The molecule has 4 nitrogen and oxygen atoms in total. The number of nitrogens with zero attached hydrogens (tertiary/aromatic N) is 1. The lowest BCUT2D eigenvalue weighted by atomic mass is 9.88. The predicted octanol–water partition coefficient (Wildman–Crippen LogP) is 6.56. The van der Waals surface area contributed by atoms with E-state index in [1.807, 2.05) is 24.3 Å². The molecule has 0 spiro atoms. The molecule has 4 aromatic rings. The minimum Gasteiger partial charge on any atom is -0.492 e. The van der Waals surface area contributed by atoms with Crippen molar-refractivity contribution in [1.29, 1.82) is 0 Å². The van der Waals surface area contributed by atoms with E-state index >= 15 is 0 Å². The van der Waals surface area contributed by atoms with Gasteiger partial charge in [-0.05, 0) is 48.5 Å². The molecule has 0 radical (unpaired) electrons. The van der Waals surface area contributed by atoms with Gasteiger partial charge in [-0.1, -0.05) is 23.7 Å².